The fourth-order valence-electron chi connectivity index (χ4n) is 3.60. The van der Waals surface area contributed by atoms with Crippen LogP contribution in [-0.2, 0) is 4.79 Å². The van der Waals surface area contributed by atoms with E-state index in [-0.39, 0.29) is 17.7 Å². The standard InChI is InChI=1S/C21H19N5O3/c22-19(28)12-3-1-2-11(8-12)18(27)15-10-23-26-17-9-13(21(29)24-14-5-6-14)4-7-16(17)25-20(15)26/h2,4,7-10,14,23H,1,3,5-6H2,(H2,22,28)(H,24,29). The fraction of sp³-hybridized carbons (Fsp3) is 0.238. The molecule has 0 spiro atoms. The van der Waals surface area contributed by atoms with Gasteiger partial charge in [-0.25, -0.2) is 9.50 Å². The predicted molar refractivity (Wildman–Crippen MR) is 106 cm³/mol. The van der Waals surface area contributed by atoms with Crippen LogP contribution in [0.1, 0.15) is 46.4 Å². The van der Waals surface area contributed by atoms with Gasteiger partial charge in [-0.2, -0.15) is 0 Å². The van der Waals surface area contributed by atoms with Gasteiger partial charge in [-0.05, 0) is 50.0 Å². The third kappa shape index (κ3) is 3.02. The maximum Gasteiger partial charge on any atom is 0.251 e. The van der Waals surface area contributed by atoms with E-state index in [1.807, 2.05) is 0 Å². The molecule has 8 heteroatoms. The lowest BCUT2D eigenvalue weighted by atomic mass is 9.94. The summed E-state index contributed by atoms with van der Waals surface area (Å²) >= 11 is 0. The average molecular weight is 389 g/mol. The number of benzene rings is 1. The molecule has 1 aromatic carbocycles. The van der Waals surface area contributed by atoms with Gasteiger partial charge in [0.05, 0.1) is 16.6 Å². The van der Waals surface area contributed by atoms with Crippen molar-refractivity contribution in [3.05, 3.63) is 58.8 Å². The molecular formula is C21H19N5O3. The van der Waals surface area contributed by atoms with Gasteiger partial charge in [0.15, 0.2) is 11.4 Å². The number of amides is 2. The minimum atomic E-state index is -0.508. The zero-order valence-electron chi connectivity index (χ0n) is 15.6. The average Bonchev–Trinajstić information content (AvgIpc) is 3.33. The molecule has 3 aromatic rings. The first-order valence-electron chi connectivity index (χ1n) is 9.57. The van der Waals surface area contributed by atoms with E-state index in [0.29, 0.717) is 51.8 Å². The van der Waals surface area contributed by atoms with Crippen LogP contribution in [0.5, 0.6) is 0 Å². The normalized spacial score (nSPS) is 16.6. The third-order valence-electron chi connectivity index (χ3n) is 5.34. The van der Waals surface area contributed by atoms with Crippen molar-refractivity contribution in [2.45, 2.75) is 31.7 Å². The van der Waals surface area contributed by atoms with Crippen LogP contribution in [0, 0.1) is 0 Å². The molecule has 2 aliphatic rings. The minimum Gasteiger partial charge on any atom is -0.366 e. The Morgan fingerprint density at radius 3 is 2.83 bits per heavy atom. The Balaban J connectivity index is 1.52. The number of imidazole rings is 1. The molecule has 0 bridgehead atoms. The third-order valence-corrected chi connectivity index (χ3v) is 5.34. The van der Waals surface area contributed by atoms with Crippen molar-refractivity contribution in [3.63, 3.8) is 0 Å². The van der Waals surface area contributed by atoms with Crippen LogP contribution in [0.3, 0.4) is 0 Å². The van der Waals surface area contributed by atoms with E-state index in [1.54, 1.807) is 41.1 Å². The number of rotatable bonds is 5. The van der Waals surface area contributed by atoms with Gasteiger partial charge in [-0.15, -0.1) is 0 Å². The summed E-state index contributed by atoms with van der Waals surface area (Å²) in [6.07, 6.45) is 8.12. The fourth-order valence-corrected chi connectivity index (χ4v) is 3.60. The number of primary amides is 1. The second-order valence-electron chi connectivity index (χ2n) is 7.47. The van der Waals surface area contributed by atoms with E-state index in [4.69, 9.17) is 5.73 Å². The van der Waals surface area contributed by atoms with Crippen LogP contribution in [0.4, 0.5) is 0 Å². The molecule has 1 saturated carbocycles. The van der Waals surface area contributed by atoms with Gasteiger partial charge in [0.25, 0.3) is 5.91 Å². The van der Waals surface area contributed by atoms with Crippen LogP contribution in [-0.4, -0.2) is 38.2 Å². The Morgan fingerprint density at radius 2 is 2.07 bits per heavy atom. The molecule has 29 heavy (non-hydrogen) atoms. The number of aromatic nitrogens is 3. The molecule has 0 unspecified atom stereocenters. The molecule has 0 saturated heterocycles. The lowest BCUT2D eigenvalue weighted by molar-refractivity contribution is -0.114. The minimum absolute atomic E-state index is 0.108. The molecule has 0 atom stereocenters. The number of aromatic amines is 1. The van der Waals surface area contributed by atoms with Crippen LogP contribution in [0.25, 0.3) is 16.7 Å². The molecule has 4 N–H and O–H groups in total. The first-order chi connectivity index (χ1) is 14.0. The highest BCUT2D eigenvalue weighted by Crippen LogP contribution is 2.25. The van der Waals surface area contributed by atoms with Gasteiger partial charge < -0.3 is 11.1 Å². The molecule has 1 fully saturated rings. The summed E-state index contributed by atoms with van der Waals surface area (Å²) in [5.41, 5.74) is 9.07. The number of Topliss-reactive ketones (excluding diaryl/α,β-unsaturated/α-hetero) is 1. The van der Waals surface area contributed by atoms with Crippen molar-refractivity contribution in [1.82, 2.24) is 19.9 Å². The topological polar surface area (TPSA) is 122 Å². The molecule has 2 aliphatic carbocycles. The summed E-state index contributed by atoms with van der Waals surface area (Å²) in [5.74, 6) is -0.841. The van der Waals surface area contributed by atoms with E-state index in [0.717, 1.165) is 12.8 Å². The maximum atomic E-state index is 13.0. The maximum absolute atomic E-state index is 13.0. The van der Waals surface area contributed by atoms with E-state index in [9.17, 15) is 14.4 Å². The number of nitrogens with one attached hydrogen (secondary N) is 2. The summed E-state index contributed by atoms with van der Waals surface area (Å²) in [5, 5.41) is 6.02. The zero-order chi connectivity index (χ0) is 20.1. The van der Waals surface area contributed by atoms with Crippen molar-refractivity contribution in [2.75, 3.05) is 0 Å². The van der Waals surface area contributed by atoms with Crippen molar-refractivity contribution < 1.29 is 14.4 Å². The predicted octanol–water partition coefficient (Wildman–Crippen LogP) is 2.02. The number of fused-ring (bicyclic) bond motifs is 3. The Bertz CT molecular complexity index is 1260. The first-order valence-corrected chi connectivity index (χ1v) is 9.57. The van der Waals surface area contributed by atoms with E-state index in [2.05, 4.69) is 15.4 Å². The number of H-pyrrole nitrogens is 1. The van der Waals surface area contributed by atoms with Crippen molar-refractivity contribution in [3.8, 4) is 0 Å². The molecule has 146 valence electrons. The van der Waals surface area contributed by atoms with E-state index < -0.39 is 5.91 Å². The molecule has 2 amide bonds. The number of nitrogens with two attached hydrogens (primary N) is 1. The van der Waals surface area contributed by atoms with E-state index >= 15 is 0 Å². The van der Waals surface area contributed by atoms with Gasteiger partial charge in [0, 0.05) is 28.9 Å². The lowest BCUT2D eigenvalue weighted by Crippen LogP contribution is -2.25. The summed E-state index contributed by atoms with van der Waals surface area (Å²) < 4.78 is 1.69. The number of allylic oxidation sites excluding steroid dienone is 3. The quantitative estimate of drug-likeness (QED) is 0.578. The number of ketones is 1. The number of carbonyl (C=O) groups excluding carboxylic acids is 3. The molecule has 2 aromatic heterocycles. The van der Waals surface area contributed by atoms with Crippen LogP contribution < -0.4 is 11.1 Å². The van der Waals surface area contributed by atoms with Crippen molar-refractivity contribution in [2.24, 2.45) is 5.73 Å². The van der Waals surface area contributed by atoms with Crippen LogP contribution in [0.15, 0.2) is 47.7 Å². The summed E-state index contributed by atoms with van der Waals surface area (Å²) in [6.45, 7) is 0. The Labute approximate surface area is 165 Å². The Morgan fingerprint density at radius 1 is 1.24 bits per heavy atom. The second kappa shape index (κ2) is 6.44. The Hall–Kier alpha value is -3.68. The number of carbonyl (C=O) groups is 3. The number of hydrogen-bond donors (Lipinski definition) is 3. The van der Waals surface area contributed by atoms with Gasteiger partial charge in [0.1, 0.15) is 0 Å². The highest BCUT2D eigenvalue weighted by atomic mass is 16.2. The van der Waals surface area contributed by atoms with Gasteiger partial charge in [-0.3, -0.25) is 19.5 Å². The number of nitrogens with zero attached hydrogens (tertiary/aromatic N) is 2. The van der Waals surface area contributed by atoms with Gasteiger partial charge in [-0.1, -0.05) is 6.08 Å². The highest BCUT2D eigenvalue weighted by Gasteiger charge is 2.25. The molecule has 0 radical (unpaired) electrons. The largest absolute Gasteiger partial charge is 0.366 e. The summed E-state index contributed by atoms with van der Waals surface area (Å²) in [7, 11) is 0. The molecular weight excluding hydrogens is 370 g/mol. The zero-order valence-corrected chi connectivity index (χ0v) is 15.6. The second-order valence-corrected chi connectivity index (χ2v) is 7.47. The summed E-state index contributed by atoms with van der Waals surface area (Å²) in [6, 6.07) is 5.56. The van der Waals surface area contributed by atoms with Crippen LogP contribution in [0.2, 0.25) is 0 Å². The highest BCUT2D eigenvalue weighted by molar-refractivity contribution is 6.15. The SMILES string of the molecule is NC(=O)C1=CC(C(=O)c2c[nH]n3c2nc2ccc(C(=O)NC4CC4)cc23)=CCC1. The van der Waals surface area contributed by atoms with Crippen molar-refractivity contribution in [1.29, 1.82) is 0 Å². The van der Waals surface area contributed by atoms with Gasteiger partial charge >= 0.3 is 0 Å². The lowest BCUT2D eigenvalue weighted by Gasteiger charge is -2.09. The monoisotopic (exact) mass is 389 g/mol. The molecule has 0 aliphatic heterocycles. The molecule has 5 rings (SSSR count). The molecule has 8 nitrogen and oxygen atoms in total. The number of hydrogen-bond acceptors (Lipinski definition) is 4. The van der Waals surface area contributed by atoms with Crippen molar-refractivity contribution >= 4 is 34.3 Å². The summed E-state index contributed by atoms with van der Waals surface area (Å²) in [4.78, 5) is 41.4. The Kier molecular flexibility index (Phi) is 3.87. The molecule has 2 heterocycles. The van der Waals surface area contributed by atoms with Gasteiger partial charge in [0.2, 0.25) is 5.91 Å². The van der Waals surface area contributed by atoms with E-state index in [1.165, 1.54) is 0 Å². The smallest absolute Gasteiger partial charge is 0.251 e. The van der Waals surface area contributed by atoms with Crippen LogP contribution >= 0.6 is 0 Å². The first kappa shape index (κ1) is 17.4.